The first-order valence-electron chi connectivity index (χ1n) is 8.55. The van der Waals surface area contributed by atoms with Crippen LogP contribution in [0.15, 0.2) is 41.3 Å². The van der Waals surface area contributed by atoms with Crippen molar-refractivity contribution in [2.24, 2.45) is 0 Å². The summed E-state index contributed by atoms with van der Waals surface area (Å²) in [6.45, 7) is -0.507. The lowest BCUT2D eigenvalue weighted by Gasteiger charge is -2.12. The number of nitro benzene ring substituents is 1. The van der Waals surface area contributed by atoms with Gasteiger partial charge in [-0.05, 0) is 64.7 Å². The number of phenolic OH excluding ortho intramolecular Hbond substituents is 1. The maximum Gasteiger partial charge on any atom is 0.294 e. The number of hydrogen-bond acceptors (Lipinski definition) is 8. The first kappa shape index (κ1) is 22.6. The second kappa shape index (κ2) is 9.34. The Bertz CT molecular complexity index is 1120. The Balaban J connectivity index is 1.76. The Morgan fingerprint density at radius 1 is 1.32 bits per heavy atom. The molecule has 1 aliphatic rings. The summed E-state index contributed by atoms with van der Waals surface area (Å²) >= 11 is 2.30. The number of imide groups is 1. The predicted molar refractivity (Wildman–Crippen MR) is 122 cm³/mol. The van der Waals surface area contributed by atoms with E-state index in [1.165, 1.54) is 19.3 Å². The highest BCUT2D eigenvalue weighted by Gasteiger charge is 2.36. The fourth-order valence-electron chi connectivity index (χ4n) is 2.62. The molecule has 1 heterocycles. The highest BCUT2D eigenvalue weighted by atomic mass is 127. The number of aromatic hydroxyl groups is 1. The molecule has 0 radical (unpaired) electrons. The van der Waals surface area contributed by atoms with Crippen molar-refractivity contribution in [1.82, 2.24) is 4.90 Å². The number of ether oxygens (including phenoxy) is 1. The molecule has 1 saturated heterocycles. The number of nitro groups is 1. The number of nitrogens with one attached hydrogen (secondary N) is 1. The van der Waals surface area contributed by atoms with Crippen LogP contribution in [0, 0.1) is 13.7 Å². The highest BCUT2D eigenvalue weighted by Crippen LogP contribution is 2.36. The second-order valence-corrected chi connectivity index (χ2v) is 8.32. The Morgan fingerprint density at radius 2 is 2.00 bits per heavy atom. The third-order valence-corrected chi connectivity index (χ3v) is 5.85. The number of amides is 3. The van der Waals surface area contributed by atoms with Gasteiger partial charge in [-0.15, -0.1) is 0 Å². The molecule has 0 atom stereocenters. The number of hydrogen-bond donors (Lipinski definition) is 2. The van der Waals surface area contributed by atoms with Crippen LogP contribution in [0.25, 0.3) is 6.08 Å². The Hall–Kier alpha value is -3.13. The van der Waals surface area contributed by atoms with Crippen molar-refractivity contribution in [3.8, 4) is 11.5 Å². The lowest BCUT2D eigenvalue weighted by atomic mass is 10.1. The van der Waals surface area contributed by atoms with Crippen LogP contribution in [0.4, 0.5) is 16.2 Å². The minimum absolute atomic E-state index is 0.0202. The van der Waals surface area contributed by atoms with Gasteiger partial charge < -0.3 is 15.2 Å². The van der Waals surface area contributed by atoms with Crippen LogP contribution in [0.1, 0.15) is 5.56 Å². The van der Waals surface area contributed by atoms with E-state index in [0.29, 0.717) is 23.2 Å². The number of carbonyl (C=O) groups excluding carboxylic acids is 3. The largest absolute Gasteiger partial charge is 0.506 e. The lowest BCUT2D eigenvalue weighted by molar-refractivity contribution is -0.385. The Morgan fingerprint density at radius 3 is 2.61 bits per heavy atom. The van der Waals surface area contributed by atoms with Gasteiger partial charge in [0.15, 0.2) is 0 Å². The van der Waals surface area contributed by atoms with Crippen LogP contribution >= 0.6 is 34.4 Å². The van der Waals surface area contributed by atoms with Crippen molar-refractivity contribution in [1.29, 1.82) is 0 Å². The number of phenols is 1. The molecule has 10 nitrogen and oxygen atoms in total. The van der Waals surface area contributed by atoms with E-state index in [4.69, 9.17) is 4.74 Å². The summed E-state index contributed by atoms with van der Waals surface area (Å²) in [6.07, 6.45) is 1.19. The van der Waals surface area contributed by atoms with Gasteiger partial charge in [0.2, 0.25) is 5.91 Å². The zero-order valence-electron chi connectivity index (χ0n) is 15.8. The topological polar surface area (TPSA) is 139 Å². The molecule has 0 bridgehead atoms. The molecule has 31 heavy (non-hydrogen) atoms. The van der Waals surface area contributed by atoms with Gasteiger partial charge in [-0.1, -0.05) is 0 Å². The number of nitrogens with zero attached hydrogens (tertiary/aromatic N) is 2. The van der Waals surface area contributed by atoms with Crippen molar-refractivity contribution in [2.75, 3.05) is 19.0 Å². The van der Waals surface area contributed by atoms with Gasteiger partial charge in [0.1, 0.15) is 18.0 Å². The summed E-state index contributed by atoms with van der Waals surface area (Å²) in [5, 5.41) is 23.1. The number of anilines is 1. The van der Waals surface area contributed by atoms with Gasteiger partial charge in [-0.2, -0.15) is 0 Å². The minimum Gasteiger partial charge on any atom is -0.506 e. The van der Waals surface area contributed by atoms with Crippen molar-refractivity contribution < 1.29 is 29.2 Å². The summed E-state index contributed by atoms with van der Waals surface area (Å²) in [5.41, 5.74) is 0.211. The maximum atomic E-state index is 12.6. The monoisotopic (exact) mass is 555 g/mol. The highest BCUT2D eigenvalue weighted by molar-refractivity contribution is 14.1. The number of thioether (sulfide) groups is 1. The molecule has 3 rings (SSSR count). The standard InChI is InChI=1S/C19H14IN3O7S/c1-30-13-4-2-11(3-5-13)21-16(24)9-22-18(26)15(31-19(22)27)7-10-6-12(23(28)29)8-14(20)17(10)25/h2-8,25H,9H2,1H3,(H,21,24)/b15-7+. The third-order valence-electron chi connectivity index (χ3n) is 4.12. The van der Waals surface area contributed by atoms with E-state index < -0.39 is 28.5 Å². The fraction of sp³-hybridized carbons (Fsp3) is 0.105. The second-order valence-electron chi connectivity index (χ2n) is 6.17. The molecule has 1 fully saturated rings. The molecule has 160 valence electrons. The average molecular weight is 555 g/mol. The van der Waals surface area contributed by atoms with E-state index in [1.54, 1.807) is 46.9 Å². The quantitative estimate of drug-likeness (QED) is 0.239. The van der Waals surface area contributed by atoms with Crippen molar-refractivity contribution in [2.45, 2.75) is 0 Å². The molecule has 2 aromatic rings. The van der Waals surface area contributed by atoms with Crippen LogP contribution in [-0.4, -0.2) is 45.6 Å². The average Bonchev–Trinajstić information content (AvgIpc) is 2.99. The molecule has 3 amide bonds. The first-order valence-corrected chi connectivity index (χ1v) is 10.4. The first-order chi connectivity index (χ1) is 14.7. The number of carbonyl (C=O) groups is 3. The molecule has 12 heteroatoms. The molecule has 0 unspecified atom stereocenters. The summed E-state index contributed by atoms with van der Waals surface area (Å²) in [7, 11) is 1.51. The number of halogens is 1. The smallest absolute Gasteiger partial charge is 0.294 e. The molecule has 0 aromatic heterocycles. The van der Waals surface area contributed by atoms with Crippen molar-refractivity contribution in [3.05, 3.63) is 60.6 Å². The number of non-ortho nitro benzene ring substituents is 1. The predicted octanol–water partition coefficient (Wildman–Crippen LogP) is 3.59. The van der Waals surface area contributed by atoms with Crippen LogP contribution in [0.5, 0.6) is 11.5 Å². The van der Waals surface area contributed by atoms with Crippen LogP contribution < -0.4 is 10.1 Å². The maximum absolute atomic E-state index is 12.6. The van der Waals surface area contributed by atoms with Gasteiger partial charge in [0.25, 0.3) is 16.8 Å². The summed E-state index contributed by atoms with van der Waals surface area (Å²) in [4.78, 5) is 48.2. The molecule has 2 aromatic carbocycles. The van der Waals surface area contributed by atoms with E-state index in [0.717, 1.165) is 11.0 Å². The van der Waals surface area contributed by atoms with Crippen molar-refractivity contribution in [3.63, 3.8) is 0 Å². The van der Waals surface area contributed by atoms with Crippen molar-refractivity contribution >= 4 is 68.9 Å². The Kier molecular flexibility index (Phi) is 6.80. The van der Waals surface area contributed by atoms with E-state index in [9.17, 15) is 29.6 Å². The molecule has 0 saturated carbocycles. The van der Waals surface area contributed by atoms with Gasteiger partial charge in [0, 0.05) is 23.4 Å². The van der Waals surface area contributed by atoms with Gasteiger partial charge in [-0.3, -0.25) is 29.4 Å². The van der Waals surface area contributed by atoms with Crippen LogP contribution in [-0.2, 0) is 9.59 Å². The molecule has 0 spiro atoms. The normalized spacial score (nSPS) is 14.8. The molecular formula is C19H14IN3O7S. The third kappa shape index (κ3) is 5.14. The number of benzene rings is 2. The van der Waals surface area contributed by atoms with Crippen LogP contribution in [0.3, 0.4) is 0 Å². The molecular weight excluding hydrogens is 541 g/mol. The SMILES string of the molecule is COc1ccc(NC(=O)CN2C(=O)S/C(=C/c3cc([N+](=O)[O-])cc(I)c3O)C2=O)cc1. The van der Waals surface area contributed by atoms with Gasteiger partial charge >= 0.3 is 0 Å². The van der Waals surface area contributed by atoms with Gasteiger partial charge in [-0.25, -0.2) is 0 Å². The Labute approximate surface area is 193 Å². The summed E-state index contributed by atoms with van der Waals surface area (Å²) < 4.78 is 5.25. The zero-order chi connectivity index (χ0) is 22.7. The number of methoxy groups -OCH3 is 1. The summed E-state index contributed by atoms with van der Waals surface area (Å²) in [5.74, 6) is -0.967. The zero-order valence-corrected chi connectivity index (χ0v) is 18.8. The van der Waals surface area contributed by atoms with E-state index >= 15 is 0 Å². The molecule has 0 aliphatic carbocycles. The summed E-state index contributed by atoms with van der Waals surface area (Å²) in [6, 6.07) is 8.79. The van der Waals surface area contributed by atoms with E-state index in [1.807, 2.05) is 0 Å². The molecule has 1 aliphatic heterocycles. The van der Waals surface area contributed by atoms with E-state index in [-0.39, 0.29) is 25.5 Å². The fourth-order valence-corrected chi connectivity index (χ4v) is 4.08. The minimum atomic E-state index is -0.735. The van der Waals surface area contributed by atoms with Crippen LogP contribution in [0.2, 0.25) is 0 Å². The molecule has 2 N–H and O–H groups in total. The lowest BCUT2D eigenvalue weighted by Crippen LogP contribution is -2.36. The number of rotatable bonds is 6. The van der Waals surface area contributed by atoms with E-state index in [2.05, 4.69) is 5.32 Å². The van der Waals surface area contributed by atoms with Gasteiger partial charge in [0.05, 0.1) is 20.5 Å².